The van der Waals surface area contributed by atoms with E-state index in [1.54, 1.807) is 4.90 Å². The number of carbonyl (C=O) groups excluding carboxylic acids is 2. The topological polar surface area (TPSA) is 77.0 Å². The zero-order valence-electron chi connectivity index (χ0n) is 20.1. The predicted octanol–water partition coefficient (Wildman–Crippen LogP) is 3.32. The molecule has 190 valence electrons. The van der Waals surface area contributed by atoms with Crippen LogP contribution >= 0.6 is 11.6 Å². The van der Waals surface area contributed by atoms with Crippen LogP contribution in [0.15, 0.2) is 4.99 Å². The van der Waals surface area contributed by atoms with Crippen LogP contribution < -0.4 is 10.6 Å². The molecule has 9 heteroatoms. The van der Waals surface area contributed by atoms with Crippen LogP contribution in [0.25, 0.3) is 0 Å². The lowest BCUT2D eigenvalue weighted by molar-refractivity contribution is -0.123. The van der Waals surface area contributed by atoms with Crippen molar-refractivity contribution in [3.05, 3.63) is 0 Å². The molecule has 5 rings (SSSR count). The highest BCUT2D eigenvalue weighted by molar-refractivity contribution is 6.20. The minimum atomic E-state index is -0.809. The van der Waals surface area contributed by atoms with E-state index < -0.39 is 6.17 Å². The number of hydrogen-bond acceptors (Lipinski definition) is 4. The first-order chi connectivity index (χ1) is 16.5. The molecular formula is C25H39ClFN5O2. The smallest absolute Gasteiger partial charge is 0.326 e. The van der Waals surface area contributed by atoms with Crippen molar-refractivity contribution in [3.63, 3.8) is 0 Å². The van der Waals surface area contributed by atoms with Crippen LogP contribution in [0.4, 0.5) is 9.18 Å². The number of urea groups is 1. The van der Waals surface area contributed by atoms with Gasteiger partial charge in [-0.25, -0.2) is 9.18 Å². The van der Waals surface area contributed by atoms with Crippen molar-refractivity contribution < 1.29 is 14.0 Å². The number of nitrogens with one attached hydrogen (secondary N) is 2. The summed E-state index contributed by atoms with van der Waals surface area (Å²) in [5, 5.41) is 6.53. The molecule has 7 nitrogen and oxygen atoms in total. The van der Waals surface area contributed by atoms with Crippen LogP contribution in [0.3, 0.4) is 0 Å². The molecule has 0 spiro atoms. The van der Waals surface area contributed by atoms with Crippen molar-refractivity contribution in [2.75, 3.05) is 32.7 Å². The third-order valence-electron chi connectivity index (χ3n) is 8.67. The highest BCUT2D eigenvalue weighted by Crippen LogP contribution is 2.43. The number of piperazine rings is 1. The van der Waals surface area contributed by atoms with E-state index in [-0.39, 0.29) is 47.8 Å². The number of hydrogen-bond donors (Lipinski definition) is 2. The lowest BCUT2D eigenvalue weighted by Crippen LogP contribution is -2.60. The Labute approximate surface area is 207 Å². The first kappa shape index (κ1) is 24.3. The summed E-state index contributed by atoms with van der Waals surface area (Å²) in [6.45, 7) is 2.86. The highest BCUT2D eigenvalue weighted by Gasteiger charge is 2.51. The first-order valence-electron chi connectivity index (χ1n) is 13.4. The molecule has 0 radical (unpaired) electrons. The van der Waals surface area contributed by atoms with Gasteiger partial charge in [-0.05, 0) is 76.2 Å². The second-order valence-corrected chi connectivity index (χ2v) is 11.6. The van der Waals surface area contributed by atoms with E-state index in [2.05, 4.69) is 10.6 Å². The van der Waals surface area contributed by atoms with Gasteiger partial charge in [0.25, 0.3) is 0 Å². The molecular weight excluding hydrogens is 457 g/mol. The molecule has 2 aliphatic carbocycles. The monoisotopic (exact) mass is 495 g/mol. The van der Waals surface area contributed by atoms with Gasteiger partial charge in [-0.15, -0.1) is 11.6 Å². The van der Waals surface area contributed by atoms with Gasteiger partial charge in [0, 0.05) is 30.9 Å². The molecule has 5 atom stereocenters. The minimum Gasteiger partial charge on any atom is -0.353 e. The van der Waals surface area contributed by atoms with Crippen molar-refractivity contribution in [1.29, 1.82) is 0 Å². The number of amides is 3. The maximum Gasteiger partial charge on any atom is 0.326 e. The molecule has 3 heterocycles. The number of aliphatic imine (C=N–C) groups is 1. The zero-order chi connectivity index (χ0) is 23.7. The average Bonchev–Trinajstić information content (AvgIpc) is 3.25. The van der Waals surface area contributed by atoms with Crippen LogP contribution in [0.2, 0.25) is 0 Å². The second-order valence-electron chi connectivity index (χ2n) is 11.0. The molecule has 0 aromatic rings. The maximum atomic E-state index is 14.7. The number of halogens is 2. The fourth-order valence-corrected chi connectivity index (χ4v) is 7.17. The second kappa shape index (κ2) is 10.7. The van der Waals surface area contributed by atoms with E-state index in [1.807, 2.05) is 4.90 Å². The van der Waals surface area contributed by atoms with Gasteiger partial charge in [0.2, 0.25) is 5.91 Å². The summed E-state index contributed by atoms with van der Waals surface area (Å²) in [5.74, 6) is 1.41. The van der Waals surface area contributed by atoms with Gasteiger partial charge in [0.1, 0.15) is 18.6 Å². The number of amidine groups is 1. The lowest BCUT2D eigenvalue weighted by atomic mass is 9.74. The molecule has 2 saturated carbocycles. The van der Waals surface area contributed by atoms with Crippen LogP contribution in [0, 0.1) is 17.8 Å². The van der Waals surface area contributed by atoms with E-state index in [0.29, 0.717) is 31.8 Å². The van der Waals surface area contributed by atoms with Crippen molar-refractivity contribution in [2.45, 2.75) is 87.8 Å². The van der Waals surface area contributed by atoms with E-state index in [1.165, 1.54) is 0 Å². The van der Waals surface area contributed by atoms with Crippen LogP contribution in [-0.4, -0.2) is 83.9 Å². The van der Waals surface area contributed by atoms with Crippen molar-refractivity contribution in [3.8, 4) is 0 Å². The van der Waals surface area contributed by atoms with Crippen molar-refractivity contribution in [1.82, 2.24) is 20.4 Å². The summed E-state index contributed by atoms with van der Waals surface area (Å²) in [7, 11) is 0. The standard InChI is InChI=1S/C25H39ClFN5O2/c26-19-8-6-16(7-9-19)22-23(17-3-1-5-20(27)13-17)32(24(30-22)18-4-2-10-28-14-18)25(34)31-12-11-29-21(33)15-31/h16-20,22-23,28H,1-15H2,(H,29,33). The summed E-state index contributed by atoms with van der Waals surface area (Å²) >= 11 is 6.43. The van der Waals surface area contributed by atoms with Gasteiger partial charge in [-0.3, -0.25) is 14.7 Å². The fourth-order valence-electron chi connectivity index (χ4n) is 6.92. The fraction of sp³-hybridized carbons (Fsp3) is 0.880. The Morgan fingerprint density at radius 2 is 1.85 bits per heavy atom. The van der Waals surface area contributed by atoms with Gasteiger partial charge in [-0.2, -0.15) is 0 Å². The molecule has 34 heavy (non-hydrogen) atoms. The normalized spacial score (nSPS) is 39.5. The predicted molar refractivity (Wildman–Crippen MR) is 131 cm³/mol. The van der Waals surface area contributed by atoms with Crippen molar-refractivity contribution in [2.24, 2.45) is 22.7 Å². The Morgan fingerprint density at radius 3 is 2.56 bits per heavy atom. The summed E-state index contributed by atoms with van der Waals surface area (Å²) in [6.07, 6.45) is 8.12. The van der Waals surface area contributed by atoms with E-state index in [4.69, 9.17) is 16.6 Å². The van der Waals surface area contributed by atoms with Crippen LogP contribution in [0.1, 0.15) is 64.2 Å². The first-order valence-corrected chi connectivity index (χ1v) is 13.9. The Morgan fingerprint density at radius 1 is 1.03 bits per heavy atom. The third kappa shape index (κ3) is 5.08. The molecule has 3 amide bonds. The summed E-state index contributed by atoms with van der Waals surface area (Å²) in [5.41, 5.74) is 0. The number of carbonyl (C=O) groups is 2. The Hall–Kier alpha value is -1.41. The van der Waals surface area contributed by atoms with Crippen LogP contribution in [0.5, 0.6) is 0 Å². The number of rotatable bonds is 3. The SMILES string of the molecule is O=C1CN(C(=O)N2C(C3CCCNC3)=NC(C3CCC(Cl)CC3)C2C2CCCC(F)C2)CCN1. The average molecular weight is 496 g/mol. The quantitative estimate of drug-likeness (QED) is 0.590. The summed E-state index contributed by atoms with van der Waals surface area (Å²) in [4.78, 5) is 35.2. The molecule has 5 unspecified atom stereocenters. The molecule has 0 bridgehead atoms. The summed E-state index contributed by atoms with van der Waals surface area (Å²) < 4.78 is 14.7. The number of alkyl halides is 2. The molecule has 2 N–H and O–H groups in total. The highest BCUT2D eigenvalue weighted by atomic mass is 35.5. The minimum absolute atomic E-state index is 0.000963. The van der Waals surface area contributed by atoms with Gasteiger partial charge in [0.05, 0.1) is 12.1 Å². The Kier molecular flexibility index (Phi) is 7.64. The van der Waals surface area contributed by atoms with Gasteiger partial charge in [-0.1, -0.05) is 6.42 Å². The van der Waals surface area contributed by atoms with Crippen molar-refractivity contribution >= 4 is 29.4 Å². The van der Waals surface area contributed by atoms with Gasteiger partial charge >= 0.3 is 6.03 Å². The van der Waals surface area contributed by atoms with Gasteiger partial charge < -0.3 is 15.5 Å². The number of nitrogens with zero attached hydrogens (tertiary/aromatic N) is 3. The van der Waals surface area contributed by atoms with Gasteiger partial charge in [0.15, 0.2) is 0 Å². The molecule has 0 aromatic heterocycles. The summed E-state index contributed by atoms with van der Waals surface area (Å²) in [6, 6.07) is -0.234. The Bertz CT molecular complexity index is 783. The lowest BCUT2D eigenvalue weighted by Gasteiger charge is -2.43. The maximum absolute atomic E-state index is 14.7. The molecule has 2 saturated heterocycles. The molecule has 4 fully saturated rings. The largest absolute Gasteiger partial charge is 0.353 e. The molecule has 3 aliphatic heterocycles. The van der Waals surface area contributed by atoms with E-state index in [0.717, 1.165) is 70.3 Å². The molecule has 0 aromatic carbocycles. The van der Waals surface area contributed by atoms with Crippen LogP contribution in [-0.2, 0) is 4.79 Å². The van der Waals surface area contributed by atoms with E-state index in [9.17, 15) is 14.0 Å². The molecule has 5 aliphatic rings. The zero-order valence-corrected chi connectivity index (χ0v) is 20.8. The third-order valence-corrected chi connectivity index (χ3v) is 9.11. The number of piperidine rings is 1. The van der Waals surface area contributed by atoms with E-state index >= 15 is 0 Å². The Balaban J connectivity index is 1.49.